The van der Waals surface area contributed by atoms with Gasteiger partial charge in [0, 0.05) is 43.5 Å². The van der Waals surface area contributed by atoms with E-state index in [1.165, 1.54) is 6.07 Å². The lowest BCUT2D eigenvalue weighted by Crippen LogP contribution is -2.49. The highest BCUT2D eigenvalue weighted by Crippen LogP contribution is 2.28. The number of nitro groups is 1. The molecule has 0 aliphatic carbocycles. The van der Waals surface area contributed by atoms with Crippen LogP contribution in [0.15, 0.2) is 36.4 Å². The van der Waals surface area contributed by atoms with Crippen molar-refractivity contribution < 1.29 is 19.2 Å². The molecule has 158 valence electrons. The predicted molar refractivity (Wildman–Crippen MR) is 113 cm³/mol. The lowest BCUT2D eigenvalue weighted by molar-refractivity contribution is -0.385. The summed E-state index contributed by atoms with van der Waals surface area (Å²) in [5.41, 5.74) is 3.34. The average molecular weight is 411 g/mol. The van der Waals surface area contributed by atoms with Crippen LogP contribution < -0.4 is 9.64 Å². The number of hydrogen-bond acceptors (Lipinski definition) is 6. The van der Waals surface area contributed by atoms with E-state index in [1.54, 1.807) is 24.0 Å². The van der Waals surface area contributed by atoms with Crippen LogP contribution in [0.5, 0.6) is 5.75 Å². The van der Waals surface area contributed by atoms with Crippen molar-refractivity contribution in [2.75, 3.05) is 37.7 Å². The zero-order chi connectivity index (χ0) is 21.7. The first-order valence-corrected chi connectivity index (χ1v) is 9.85. The zero-order valence-electron chi connectivity index (χ0n) is 17.2. The molecular weight excluding hydrogens is 386 g/mol. The molecule has 3 rings (SSSR count). The Morgan fingerprint density at radius 1 is 1.13 bits per heavy atom. The van der Waals surface area contributed by atoms with E-state index in [0.717, 1.165) is 23.1 Å². The fraction of sp³-hybridized carbons (Fsp3) is 0.364. The second kappa shape index (κ2) is 9.39. The highest BCUT2D eigenvalue weighted by atomic mass is 16.6. The van der Waals surface area contributed by atoms with E-state index in [9.17, 15) is 19.7 Å². The SMILES string of the molecule is Cc1ccc(OCCC(=O)N2CCN(c3ccc(C=O)c(C)c3)CC2)c([N+](=O)[O-])c1. The van der Waals surface area contributed by atoms with Crippen molar-refractivity contribution in [3.63, 3.8) is 0 Å². The molecule has 0 radical (unpaired) electrons. The summed E-state index contributed by atoms with van der Waals surface area (Å²) in [4.78, 5) is 38.1. The Hall–Kier alpha value is -3.42. The van der Waals surface area contributed by atoms with E-state index in [2.05, 4.69) is 4.90 Å². The molecule has 0 unspecified atom stereocenters. The molecule has 30 heavy (non-hydrogen) atoms. The maximum Gasteiger partial charge on any atom is 0.311 e. The van der Waals surface area contributed by atoms with Crippen molar-refractivity contribution in [1.82, 2.24) is 4.90 Å². The molecule has 1 fully saturated rings. The van der Waals surface area contributed by atoms with E-state index >= 15 is 0 Å². The topological polar surface area (TPSA) is 93.0 Å². The molecule has 2 aromatic carbocycles. The number of carbonyl (C=O) groups excluding carboxylic acids is 2. The normalized spacial score (nSPS) is 13.8. The molecule has 0 N–H and O–H groups in total. The Morgan fingerprint density at radius 2 is 1.87 bits per heavy atom. The highest BCUT2D eigenvalue weighted by molar-refractivity contribution is 5.79. The summed E-state index contributed by atoms with van der Waals surface area (Å²) in [5, 5.41) is 11.2. The monoisotopic (exact) mass is 411 g/mol. The lowest BCUT2D eigenvalue weighted by atomic mass is 10.1. The smallest absolute Gasteiger partial charge is 0.311 e. The molecule has 0 saturated carbocycles. The summed E-state index contributed by atoms with van der Waals surface area (Å²) in [7, 11) is 0. The number of benzene rings is 2. The quantitative estimate of drug-likeness (QED) is 0.395. The number of rotatable bonds is 7. The van der Waals surface area contributed by atoms with Crippen LogP contribution in [0.2, 0.25) is 0 Å². The maximum atomic E-state index is 12.5. The van der Waals surface area contributed by atoms with Gasteiger partial charge in [-0.3, -0.25) is 19.7 Å². The number of amides is 1. The second-order valence-electron chi connectivity index (χ2n) is 7.35. The van der Waals surface area contributed by atoms with Crippen LogP contribution in [0, 0.1) is 24.0 Å². The summed E-state index contributed by atoms with van der Waals surface area (Å²) in [6.07, 6.45) is 1.02. The third kappa shape index (κ3) is 4.94. The van der Waals surface area contributed by atoms with Gasteiger partial charge in [0.1, 0.15) is 6.29 Å². The second-order valence-corrected chi connectivity index (χ2v) is 7.35. The molecule has 1 saturated heterocycles. The Bertz CT molecular complexity index is 952. The van der Waals surface area contributed by atoms with Gasteiger partial charge in [-0.1, -0.05) is 6.07 Å². The molecule has 0 spiro atoms. The summed E-state index contributed by atoms with van der Waals surface area (Å²) < 4.78 is 5.51. The van der Waals surface area contributed by atoms with E-state index in [0.29, 0.717) is 31.7 Å². The average Bonchev–Trinajstić information content (AvgIpc) is 2.74. The van der Waals surface area contributed by atoms with Gasteiger partial charge in [0.25, 0.3) is 0 Å². The maximum absolute atomic E-state index is 12.5. The first-order valence-electron chi connectivity index (χ1n) is 9.85. The summed E-state index contributed by atoms with van der Waals surface area (Å²) in [5.74, 6) is 0.147. The number of piperazine rings is 1. The summed E-state index contributed by atoms with van der Waals surface area (Å²) >= 11 is 0. The minimum Gasteiger partial charge on any atom is -0.486 e. The molecule has 0 atom stereocenters. The van der Waals surface area contributed by atoms with Gasteiger partial charge in [0.05, 0.1) is 18.0 Å². The van der Waals surface area contributed by atoms with Gasteiger partial charge in [-0.15, -0.1) is 0 Å². The Labute approximate surface area is 175 Å². The molecule has 1 aliphatic heterocycles. The number of nitrogens with zero attached hydrogens (tertiary/aromatic N) is 3. The molecule has 1 amide bonds. The fourth-order valence-corrected chi connectivity index (χ4v) is 3.50. The predicted octanol–water partition coefficient (Wildman–Crippen LogP) is 3.14. The molecule has 8 nitrogen and oxygen atoms in total. The summed E-state index contributed by atoms with van der Waals surface area (Å²) in [6.45, 7) is 6.38. The summed E-state index contributed by atoms with van der Waals surface area (Å²) in [6, 6.07) is 10.5. The highest BCUT2D eigenvalue weighted by Gasteiger charge is 2.22. The Morgan fingerprint density at radius 3 is 2.50 bits per heavy atom. The van der Waals surface area contributed by atoms with Crippen molar-refractivity contribution in [3.05, 3.63) is 63.2 Å². The van der Waals surface area contributed by atoms with Crippen LogP contribution in [0.3, 0.4) is 0 Å². The van der Waals surface area contributed by atoms with E-state index in [1.807, 2.05) is 25.1 Å². The van der Waals surface area contributed by atoms with Crippen LogP contribution in [-0.2, 0) is 4.79 Å². The van der Waals surface area contributed by atoms with Crippen LogP contribution in [0.25, 0.3) is 0 Å². The third-order valence-electron chi connectivity index (χ3n) is 5.26. The number of carbonyl (C=O) groups is 2. The number of hydrogen-bond donors (Lipinski definition) is 0. The van der Waals surface area contributed by atoms with Crippen LogP contribution in [0.1, 0.15) is 27.9 Å². The van der Waals surface area contributed by atoms with Crippen molar-refractivity contribution in [3.8, 4) is 5.75 Å². The number of ether oxygens (including phenoxy) is 1. The van der Waals surface area contributed by atoms with E-state index in [4.69, 9.17) is 4.74 Å². The third-order valence-corrected chi connectivity index (χ3v) is 5.26. The van der Waals surface area contributed by atoms with Crippen molar-refractivity contribution in [1.29, 1.82) is 0 Å². The van der Waals surface area contributed by atoms with E-state index in [-0.39, 0.29) is 30.4 Å². The van der Waals surface area contributed by atoms with Gasteiger partial charge in [-0.2, -0.15) is 0 Å². The fourth-order valence-electron chi connectivity index (χ4n) is 3.50. The van der Waals surface area contributed by atoms with Gasteiger partial charge in [0.15, 0.2) is 5.75 Å². The van der Waals surface area contributed by atoms with E-state index < -0.39 is 4.92 Å². The van der Waals surface area contributed by atoms with Gasteiger partial charge in [-0.25, -0.2) is 0 Å². The molecule has 8 heteroatoms. The first-order chi connectivity index (χ1) is 14.4. The van der Waals surface area contributed by atoms with Gasteiger partial charge < -0.3 is 14.5 Å². The van der Waals surface area contributed by atoms with Crippen LogP contribution in [-0.4, -0.2) is 54.8 Å². The minimum absolute atomic E-state index is 0.0306. The van der Waals surface area contributed by atoms with Crippen molar-refractivity contribution >= 4 is 23.6 Å². The first kappa shape index (κ1) is 21.3. The Kier molecular flexibility index (Phi) is 6.66. The van der Waals surface area contributed by atoms with Gasteiger partial charge in [0.2, 0.25) is 5.91 Å². The van der Waals surface area contributed by atoms with Crippen LogP contribution in [0.4, 0.5) is 11.4 Å². The van der Waals surface area contributed by atoms with Gasteiger partial charge in [-0.05, 0) is 49.2 Å². The number of anilines is 1. The number of nitro benzene ring substituents is 1. The molecular formula is C22H25N3O5. The van der Waals surface area contributed by atoms with Crippen molar-refractivity contribution in [2.45, 2.75) is 20.3 Å². The Balaban J connectivity index is 1.50. The zero-order valence-corrected chi connectivity index (χ0v) is 17.2. The molecule has 1 heterocycles. The number of aryl methyl sites for hydroxylation is 2. The van der Waals surface area contributed by atoms with Crippen molar-refractivity contribution in [2.24, 2.45) is 0 Å². The molecule has 1 aliphatic rings. The van der Waals surface area contributed by atoms with Crippen LogP contribution >= 0.6 is 0 Å². The minimum atomic E-state index is -0.479. The standard InChI is InChI=1S/C22H25N3O5/c1-16-3-6-21(20(13-16)25(28)29)30-12-7-22(27)24-10-8-23(9-11-24)19-5-4-18(15-26)17(2)14-19/h3-6,13-15H,7-12H2,1-2H3. The lowest BCUT2D eigenvalue weighted by Gasteiger charge is -2.36. The van der Waals surface area contributed by atoms with Gasteiger partial charge >= 0.3 is 5.69 Å². The largest absolute Gasteiger partial charge is 0.486 e. The number of aldehydes is 1. The molecule has 0 bridgehead atoms. The molecule has 0 aromatic heterocycles. The molecule has 2 aromatic rings.